The SMILES string of the molecule is C=CC/C(CCCCCCCC)=C1\C(=O)C(C)=C(C)C1(C)OC. The van der Waals surface area contributed by atoms with Crippen molar-refractivity contribution in [1.82, 2.24) is 0 Å². The van der Waals surface area contributed by atoms with Gasteiger partial charge in [0.25, 0.3) is 0 Å². The molecule has 0 heterocycles. The van der Waals surface area contributed by atoms with E-state index >= 15 is 0 Å². The zero-order chi connectivity index (χ0) is 17.5. The van der Waals surface area contributed by atoms with E-state index in [1.54, 1.807) is 7.11 Å². The predicted octanol–water partition coefficient (Wildman–Crippen LogP) is 5.93. The van der Waals surface area contributed by atoms with E-state index in [2.05, 4.69) is 13.5 Å². The zero-order valence-corrected chi connectivity index (χ0v) is 15.8. The minimum Gasteiger partial charge on any atom is -0.369 e. The topological polar surface area (TPSA) is 26.3 Å². The van der Waals surface area contributed by atoms with Gasteiger partial charge >= 0.3 is 0 Å². The number of hydrogen-bond donors (Lipinski definition) is 0. The molecule has 0 aromatic rings. The summed E-state index contributed by atoms with van der Waals surface area (Å²) in [6.45, 7) is 12.1. The van der Waals surface area contributed by atoms with Crippen LogP contribution in [-0.2, 0) is 9.53 Å². The van der Waals surface area contributed by atoms with Gasteiger partial charge in [0.15, 0.2) is 5.78 Å². The van der Waals surface area contributed by atoms with Crippen LogP contribution in [0.3, 0.4) is 0 Å². The third kappa shape index (κ3) is 4.44. The van der Waals surface area contributed by atoms with Crippen molar-refractivity contribution in [2.45, 2.75) is 84.7 Å². The summed E-state index contributed by atoms with van der Waals surface area (Å²) in [4.78, 5) is 12.8. The van der Waals surface area contributed by atoms with Crippen molar-refractivity contribution in [3.63, 3.8) is 0 Å². The second kappa shape index (κ2) is 9.22. The molecule has 1 unspecified atom stereocenters. The highest BCUT2D eigenvalue weighted by atomic mass is 16.5. The first-order chi connectivity index (χ1) is 10.9. The molecule has 0 fully saturated rings. The Kier molecular flexibility index (Phi) is 7.98. The molecule has 2 heteroatoms. The second-order valence-corrected chi connectivity index (χ2v) is 6.81. The molecule has 1 aliphatic rings. The molecular weight excluding hydrogens is 284 g/mol. The molecule has 0 aromatic heterocycles. The molecule has 0 saturated heterocycles. The van der Waals surface area contributed by atoms with Gasteiger partial charge in [0.05, 0.1) is 0 Å². The Hall–Kier alpha value is -1.15. The maximum Gasteiger partial charge on any atom is 0.187 e. The van der Waals surface area contributed by atoms with Gasteiger partial charge in [-0.05, 0) is 51.2 Å². The smallest absolute Gasteiger partial charge is 0.187 e. The molecule has 0 aliphatic heterocycles. The molecule has 0 bridgehead atoms. The summed E-state index contributed by atoms with van der Waals surface area (Å²) >= 11 is 0. The number of carbonyl (C=O) groups excluding carboxylic acids is 1. The van der Waals surface area contributed by atoms with E-state index in [4.69, 9.17) is 4.74 Å². The Labute approximate surface area is 142 Å². The van der Waals surface area contributed by atoms with Crippen molar-refractivity contribution < 1.29 is 9.53 Å². The van der Waals surface area contributed by atoms with Gasteiger partial charge in [0.1, 0.15) is 5.60 Å². The van der Waals surface area contributed by atoms with Gasteiger partial charge in [0.2, 0.25) is 0 Å². The first kappa shape index (κ1) is 19.9. The maximum atomic E-state index is 12.8. The fourth-order valence-corrected chi connectivity index (χ4v) is 3.49. The van der Waals surface area contributed by atoms with Crippen LogP contribution in [0.15, 0.2) is 34.9 Å². The first-order valence-corrected chi connectivity index (χ1v) is 9.05. The Morgan fingerprint density at radius 3 is 2.35 bits per heavy atom. The summed E-state index contributed by atoms with van der Waals surface area (Å²) in [7, 11) is 1.70. The Bertz CT molecular complexity index is 496. The van der Waals surface area contributed by atoms with E-state index in [0.717, 1.165) is 36.0 Å². The van der Waals surface area contributed by atoms with E-state index in [9.17, 15) is 4.79 Å². The van der Waals surface area contributed by atoms with E-state index in [1.807, 2.05) is 26.8 Å². The standard InChI is InChI=1S/C21H34O2/c1-7-9-10-11-12-13-15-18(14-8-2)19-20(22)16(3)17(4)21(19,5)23-6/h8H,2,7,9-15H2,1,3-6H3/b19-18-. The summed E-state index contributed by atoms with van der Waals surface area (Å²) in [5, 5.41) is 0. The van der Waals surface area contributed by atoms with Gasteiger partial charge in [-0.25, -0.2) is 0 Å². The number of carbonyl (C=O) groups is 1. The number of ketones is 1. The molecule has 0 amide bonds. The maximum absolute atomic E-state index is 12.8. The molecule has 0 radical (unpaired) electrons. The molecule has 1 aliphatic carbocycles. The number of hydrogen-bond acceptors (Lipinski definition) is 2. The zero-order valence-electron chi connectivity index (χ0n) is 15.8. The first-order valence-electron chi connectivity index (χ1n) is 9.05. The van der Waals surface area contributed by atoms with Crippen LogP contribution >= 0.6 is 0 Å². The Morgan fingerprint density at radius 2 is 1.78 bits per heavy atom. The monoisotopic (exact) mass is 318 g/mol. The Balaban J connectivity index is 2.91. The number of rotatable bonds is 10. The summed E-state index contributed by atoms with van der Waals surface area (Å²) in [5.74, 6) is 0.162. The third-order valence-corrected chi connectivity index (χ3v) is 5.31. The van der Waals surface area contributed by atoms with Gasteiger partial charge in [-0.2, -0.15) is 0 Å². The molecule has 2 nitrogen and oxygen atoms in total. The predicted molar refractivity (Wildman–Crippen MR) is 98.6 cm³/mol. The minimum absolute atomic E-state index is 0.162. The average Bonchev–Trinajstić information content (AvgIpc) is 2.71. The van der Waals surface area contributed by atoms with E-state index < -0.39 is 5.60 Å². The van der Waals surface area contributed by atoms with Crippen LogP contribution in [0.1, 0.15) is 79.1 Å². The molecule has 1 atom stereocenters. The fourth-order valence-electron chi connectivity index (χ4n) is 3.49. The largest absolute Gasteiger partial charge is 0.369 e. The number of ether oxygens (including phenoxy) is 1. The van der Waals surface area contributed by atoms with E-state index in [-0.39, 0.29) is 5.78 Å². The molecule has 23 heavy (non-hydrogen) atoms. The van der Waals surface area contributed by atoms with Gasteiger partial charge in [0, 0.05) is 12.7 Å². The number of unbranched alkanes of at least 4 members (excludes halogenated alkanes) is 5. The number of allylic oxidation sites excluding steroid dienone is 3. The molecule has 1 rings (SSSR count). The van der Waals surface area contributed by atoms with Crippen LogP contribution in [0.25, 0.3) is 0 Å². The summed E-state index contributed by atoms with van der Waals surface area (Å²) in [6.07, 6.45) is 11.2. The fraction of sp³-hybridized carbons (Fsp3) is 0.667. The number of methoxy groups -OCH3 is 1. The van der Waals surface area contributed by atoms with Crippen molar-refractivity contribution >= 4 is 5.78 Å². The van der Waals surface area contributed by atoms with Gasteiger partial charge in [-0.1, -0.05) is 50.7 Å². The lowest BCUT2D eigenvalue weighted by Gasteiger charge is -2.28. The van der Waals surface area contributed by atoms with Gasteiger partial charge in [-0.3, -0.25) is 4.79 Å². The van der Waals surface area contributed by atoms with Crippen molar-refractivity contribution in [1.29, 1.82) is 0 Å². The highest BCUT2D eigenvalue weighted by Crippen LogP contribution is 2.42. The van der Waals surface area contributed by atoms with Crippen LogP contribution in [0.4, 0.5) is 0 Å². The highest BCUT2D eigenvalue weighted by Gasteiger charge is 2.44. The summed E-state index contributed by atoms with van der Waals surface area (Å²) in [6, 6.07) is 0. The molecule has 0 spiro atoms. The minimum atomic E-state index is -0.568. The molecule has 0 saturated carbocycles. The van der Waals surface area contributed by atoms with Crippen molar-refractivity contribution in [3.05, 3.63) is 34.9 Å². The lowest BCUT2D eigenvalue weighted by atomic mass is 9.86. The average molecular weight is 319 g/mol. The van der Waals surface area contributed by atoms with Crippen molar-refractivity contribution in [2.24, 2.45) is 0 Å². The van der Waals surface area contributed by atoms with Crippen molar-refractivity contribution in [3.8, 4) is 0 Å². The van der Waals surface area contributed by atoms with Gasteiger partial charge < -0.3 is 4.74 Å². The second-order valence-electron chi connectivity index (χ2n) is 6.81. The lowest BCUT2D eigenvalue weighted by Crippen LogP contribution is -2.31. The molecule has 130 valence electrons. The third-order valence-electron chi connectivity index (χ3n) is 5.31. The number of Topliss-reactive ketones (excluding diaryl/α,β-unsaturated/α-hetero) is 1. The van der Waals surface area contributed by atoms with Crippen LogP contribution in [0, 0.1) is 0 Å². The molecule has 0 aromatic carbocycles. The highest BCUT2D eigenvalue weighted by molar-refractivity contribution is 6.14. The Morgan fingerprint density at radius 1 is 1.17 bits per heavy atom. The molecular formula is C21H34O2. The summed E-state index contributed by atoms with van der Waals surface area (Å²) in [5.41, 5.74) is 3.39. The van der Waals surface area contributed by atoms with Crippen LogP contribution in [0.5, 0.6) is 0 Å². The normalized spacial score (nSPS) is 23.6. The van der Waals surface area contributed by atoms with Crippen LogP contribution in [0.2, 0.25) is 0 Å². The van der Waals surface area contributed by atoms with E-state index in [0.29, 0.717) is 0 Å². The van der Waals surface area contributed by atoms with Crippen LogP contribution < -0.4 is 0 Å². The van der Waals surface area contributed by atoms with Crippen molar-refractivity contribution in [2.75, 3.05) is 7.11 Å². The quantitative estimate of drug-likeness (QED) is 0.283. The van der Waals surface area contributed by atoms with E-state index in [1.165, 1.54) is 37.7 Å². The van der Waals surface area contributed by atoms with Crippen LogP contribution in [-0.4, -0.2) is 18.5 Å². The lowest BCUT2D eigenvalue weighted by molar-refractivity contribution is -0.113. The van der Waals surface area contributed by atoms with Gasteiger partial charge in [-0.15, -0.1) is 6.58 Å². The molecule has 0 N–H and O–H groups in total. The summed E-state index contributed by atoms with van der Waals surface area (Å²) < 4.78 is 5.78.